The van der Waals surface area contributed by atoms with Gasteiger partial charge in [-0.15, -0.1) is 5.10 Å². The number of rotatable bonds is 4. The molecule has 0 atom stereocenters. The van der Waals surface area contributed by atoms with E-state index in [0.717, 1.165) is 0 Å². The van der Waals surface area contributed by atoms with Gasteiger partial charge in [0.05, 0.1) is 29.9 Å². The molecule has 104 valence electrons. The summed E-state index contributed by atoms with van der Waals surface area (Å²) in [6, 6.07) is 4.08. The minimum atomic E-state index is -0.687. The quantitative estimate of drug-likeness (QED) is 0.489. The second-order valence-corrected chi connectivity index (χ2v) is 3.73. The molecule has 0 bridgehead atoms. The first-order valence-electron chi connectivity index (χ1n) is 5.45. The lowest BCUT2D eigenvalue weighted by Crippen LogP contribution is -2.05. The van der Waals surface area contributed by atoms with Crippen molar-refractivity contribution in [3.05, 3.63) is 46.0 Å². The van der Waals surface area contributed by atoms with Crippen LogP contribution in [0, 0.1) is 10.1 Å². The Morgan fingerprint density at radius 1 is 1.55 bits per heavy atom. The van der Waals surface area contributed by atoms with Crippen LogP contribution in [-0.4, -0.2) is 37.9 Å². The molecule has 0 amide bonds. The molecule has 0 spiro atoms. The van der Waals surface area contributed by atoms with Crippen molar-refractivity contribution in [1.82, 2.24) is 14.8 Å². The lowest BCUT2D eigenvalue weighted by molar-refractivity contribution is -0.385. The zero-order chi connectivity index (χ0) is 14.7. The molecule has 9 nitrogen and oxygen atoms in total. The van der Waals surface area contributed by atoms with E-state index in [-0.39, 0.29) is 17.1 Å². The zero-order valence-corrected chi connectivity index (χ0v) is 10.4. The SMILES string of the molecule is COC(=O)c1ncn(-c2ccc([N+](=O)[O-])c(CO)c2)n1. The minimum Gasteiger partial charge on any atom is -0.463 e. The van der Waals surface area contributed by atoms with Crippen LogP contribution in [-0.2, 0) is 11.3 Å². The Labute approximate surface area is 112 Å². The number of ether oxygens (including phenoxy) is 1. The van der Waals surface area contributed by atoms with E-state index >= 15 is 0 Å². The van der Waals surface area contributed by atoms with Crippen LogP contribution < -0.4 is 0 Å². The molecule has 0 unspecified atom stereocenters. The van der Waals surface area contributed by atoms with E-state index in [1.807, 2.05) is 0 Å². The second-order valence-electron chi connectivity index (χ2n) is 3.73. The molecule has 2 aromatic rings. The number of benzene rings is 1. The van der Waals surface area contributed by atoms with Gasteiger partial charge in [0.1, 0.15) is 6.33 Å². The van der Waals surface area contributed by atoms with Gasteiger partial charge in [-0.05, 0) is 12.1 Å². The number of aromatic nitrogens is 3. The van der Waals surface area contributed by atoms with Gasteiger partial charge >= 0.3 is 5.97 Å². The number of nitrogens with zero attached hydrogens (tertiary/aromatic N) is 4. The number of nitro benzene ring substituents is 1. The highest BCUT2D eigenvalue weighted by molar-refractivity contribution is 5.84. The predicted molar refractivity (Wildman–Crippen MR) is 65.3 cm³/mol. The summed E-state index contributed by atoms with van der Waals surface area (Å²) in [7, 11) is 1.21. The summed E-state index contributed by atoms with van der Waals surface area (Å²) in [6.07, 6.45) is 1.27. The van der Waals surface area contributed by atoms with E-state index in [1.165, 1.54) is 36.3 Å². The number of carbonyl (C=O) groups is 1. The highest BCUT2D eigenvalue weighted by Gasteiger charge is 2.16. The molecule has 0 aliphatic rings. The van der Waals surface area contributed by atoms with Crippen LogP contribution in [0.25, 0.3) is 5.69 Å². The van der Waals surface area contributed by atoms with E-state index in [4.69, 9.17) is 5.11 Å². The van der Waals surface area contributed by atoms with E-state index in [9.17, 15) is 14.9 Å². The number of nitro groups is 1. The number of esters is 1. The van der Waals surface area contributed by atoms with Gasteiger partial charge in [0, 0.05) is 6.07 Å². The van der Waals surface area contributed by atoms with Crippen LogP contribution >= 0.6 is 0 Å². The topological polar surface area (TPSA) is 120 Å². The van der Waals surface area contributed by atoms with Gasteiger partial charge in [0.2, 0.25) is 0 Å². The third-order valence-corrected chi connectivity index (χ3v) is 2.55. The van der Waals surface area contributed by atoms with Crippen LogP contribution in [0.15, 0.2) is 24.5 Å². The Balaban J connectivity index is 2.40. The second kappa shape index (κ2) is 5.45. The van der Waals surface area contributed by atoms with E-state index in [0.29, 0.717) is 5.69 Å². The van der Waals surface area contributed by atoms with E-state index in [2.05, 4.69) is 14.8 Å². The van der Waals surface area contributed by atoms with Crippen molar-refractivity contribution in [1.29, 1.82) is 0 Å². The van der Waals surface area contributed by atoms with Gasteiger partial charge in [0.15, 0.2) is 0 Å². The first-order chi connectivity index (χ1) is 9.56. The Hall–Kier alpha value is -2.81. The largest absolute Gasteiger partial charge is 0.463 e. The average Bonchev–Trinajstić information content (AvgIpc) is 2.95. The highest BCUT2D eigenvalue weighted by atomic mass is 16.6. The van der Waals surface area contributed by atoms with Crippen LogP contribution in [0.4, 0.5) is 5.69 Å². The maximum atomic E-state index is 11.2. The highest BCUT2D eigenvalue weighted by Crippen LogP contribution is 2.21. The van der Waals surface area contributed by atoms with Crippen LogP contribution in [0.5, 0.6) is 0 Å². The molecule has 0 aliphatic carbocycles. The Morgan fingerprint density at radius 2 is 2.30 bits per heavy atom. The zero-order valence-electron chi connectivity index (χ0n) is 10.4. The van der Waals surface area contributed by atoms with E-state index < -0.39 is 17.5 Å². The molecule has 1 N–H and O–H groups in total. The number of carbonyl (C=O) groups excluding carboxylic acids is 1. The smallest absolute Gasteiger partial charge is 0.377 e. The molecule has 1 heterocycles. The van der Waals surface area contributed by atoms with Crippen molar-refractivity contribution in [2.24, 2.45) is 0 Å². The minimum absolute atomic E-state index is 0.128. The monoisotopic (exact) mass is 278 g/mol. The lowest BCUT2D eigenvalue weighted by Gasteiger charge is -2.03. The van der Waals surface area contributed by atoms with Crippen LogP contribution in [0.3, 0.4) is 0 Å². The van der Waals surface area contributed by atoms with Gasteiger partial charge in [-0.1, -0.05) is 0 Å². The summed E-state index contributed by atoms with van der Waals surface area (Å²) in [4.78, 5) is 25.2. The summed E-state index contributed by atoms with van der Waals surface area (Å²) in [5.41, 5.74) is 0.384. The van der Waals surface area contributed by atoms with Crippen molar-refractivity contribution >= 4 is 11.7 Å². The lowest BCUT2D eigenvalue weighted by atomic mass is 10.1. The normalized spacial score (nSPS) is 10.3. The molecule has 0 aliphatic heterocycles. The maximum absolute atomic E-state index is 11.2. The summed E-state index contributed by atoms with van der Waals surface area (Å²) in [6.45, 7) is -0.483. The van der Waals surface area contributed by atoms with Gasteiger partial charge in [-0.3, -0.25) is 10.1 Å². The van der Waals surface area contributed by atoms with Gasteiger partial charge in [0.25, 0.3) is 11.5 Å². The first-order valence-corrected chi connectivity index (χ1v) is 5.45. The average molecular weight is 278 g/mol. The Kier molecular flexibility index (Phi) is 3.71. The van der Waals surface area contributed by atoms with Crippen molar-refractivity contribution in [2.45, 2.75) is 6.61 Å². The molecular formula is C11H10N4O5. The Bertz CT molecular complexity index is 667. The number of aliphatic hydroxyl groups excluding tert-OH is 1. The molecule has 1 aromatic heterocycles. The molecule has 0 saturated heterocycles. The van der Waals surface area contributed by atoms with Crippen molar-refractivity contribution in [2.75, 3.05) is 7.11 Å². The molecule has 2 rings (SSSR count). The fraction of sp³-hybridized carbons (Fsp3) is 0.182. The molecule has 0 radical (unpaired) electrons. The maximum Gasteiger partial charge on any atom is 0.377 e. The van der Waals surface area contributed by atoms with Crippen molar-refractivity contribution < 1.29 is 19.6 Å². The molecule has 0 saturated carbocycles. The molecule has 20 heavy (non-hydrogen) atoms. The summed E-state index contributed by atoms with van der Waals surface area (Å²) < 4.78 is 5.73. The molecule has 1 aromatic carbocycles. The summed E-state index contributed by atoms with van der Waals surface area (Å²) in [5, 5.41) is 23.8. The summed E-state index contributed by atoms with van der Waals surface area (Å²) in [5.74, 6) is -0.815. The fourth-order valence-electron chi connectivity index (χ4n) is 1.59. The third kappa shape index (κ3) is 2.47. The van der Waals surface area contributed by atoms with Crippen LogP contribution in [0.2, 0.25) is 0 Å². The number of hydrogen-bond acceptors (Lipinski definition) is 7. The summed E-state index contributed by atoms with van der Waals surface area (Å²) >= 11 is 0. The molecule has 0 fully saturated rings. The fourth-order valence-corrected chi connectivity index (χ4v) is 1.59. The third-order valence-electron chi connectivity index (χ3n) is 2.55. The first kappa shape index (κ1) is 13.6. The standard InChI is InChI=1S/C11H10N4O5/c1-20-11(17)10-12-6-14(13-10)8-2-3-9(15(18)19)7(4-8)5-16/h2-4,6,16H,5H2,1H3. The van der Waals surface area contributed by atoms with E-state index in [1.54, 1.807) is 0 Å². The number of aliphatic hydroxyl groups is 1. The molecular weight excluding hydrogens is 268 g/mol. The Morgan fingerprint density at radius 3 is 2.90 bits per heavy atom. The predicted octanol–water partition coefficient (Wildman–Crippen LogP) is 0.454. The van der Waals surface area contributed by atoms with Gasteiger partial charge in [-0.2, -0.15) is 0 Å². The number of methoxy groups -OCH3 is 1. The molecule has 9 heteroatoms. The van der Waals surface area contributed by atoms with Gasteiger partial charge in [-0.25, -0.2) is 14.5 Å². The van der Waals surface area contributed by atoms with Crippen molar-refractivity contribution in [3.8, 4) is 5.69 Å². The number of hydrogen-bond donors (Lipinski definition) is 1. The van der Waals surface area contributed by atoms with Crippen LogP contribution in [0.1, 0.15) is 16.2 Å². The van der Waals surface area contributed by atoms with Gasteiger partial charge < -0.3 is 9.84 Å². The van der Waals surface area contributed by atoms with Crippen molar-refractivity contribution in [3.63, 3.8) is 0 Å².